The second-order valence-electron chi connectivity index (χ2n) is 6.55. The number of amides is 1. The first-order chi connectivity index (χ1) is 12.3. The fourth-order valence-corrected chi connectivity index (χ4v) is 3.95. The monoisotopic (exact) mass is 381 g/mol. The van der Waals surface area contributed by atoms with Crippen LogP contribution in [0.25, 0.3) is 0 Å². The molecule has 2 aliphatic heterocycles. The van der Waals surface area contributed by atoms with Crippen LogP contribution in [0.1, 0.15) is 6.92 Å². The Morgan fingerprint density at radius 1 is 1.19 bits per heavy atom. The Hall–Kier alpha value is -2.13. The summed E-state index contributed by atoms with van der Waals surface area (Å²) in [6.45, 7) is 4.55. The van der Waals surface area contributed by atoms with E-state index in [0.29, 0.717) is 18.8 Å². The normalized spacial score (nSPS) is 18.5. The lowest BCUT2D eigenvalue weighted by atomic mass is 10.2. The summed E-state index contributed by atoms with van der Waals surface area (Å²) in [6.07, 6.45) is 0. The van der Waals surface area contributed by atoms with Gasteiger partial charge in [0.15, 0.2) is 15.6 Å². The van der Waals surface area contributed by atoms with Gasteiger partial charge < -0.3 is 19.4 Å². The van der Waals surface area contributed by atoms with Crippen molar-refractivity contribution in [2.24, 2.45) is 0 Å². The summed E-state index contributed by atoms with van der Waals surface area (Å²) in [4.78, 5) is 30.2. The highest BCUT2D eigenvalue weighted by atomic mass is 32.2. The molecule has 8 nitrogen and oxygen atoms in total. The van der Waals surface area contributed by atoms with Crippen LogP contribution in [-0.2, 0) is 19.4 Å². The number of benzene rings is 1. The zero-order chi connectivity index (χ0) is 18.9. The van der Waals surface area contributed by atoms with Gasteiger partial charge in [0.1, 0.15) is 6.54 Å². The maximum atomic E-state index is 12.6. The van der Waals surface area contributed by atoms with E-state index in [0.717, 1.165) is 13.1 Å². The number of hydrogen-bond donors (Lipinski definition) is 0. The van der Waals surface area contributed by atoms with Crippen molar-refractivity contribution in [2.75, 3.05) is 57.0 Å². The average molecular weight is 381 g/mol. The Bertz CT molecular complexity index is 816. The smallest absolute Gasteiger partial charge is 0.331 e. The summed E-state index contributed by atoms with van der Waals surface area (Å²) in [5.74, 6) is -0.411. The van der Waals surface area contributed by atoms with E-state index in [1.54, 1.807) is 22.8 Å². The van der Waals surface area contributed by atoms with Crippen LogP contribution in [-0.4, -0.2) is 82.2 Å². The number of piperazine rings is 1. The van der Waals surface area contributed by atoms with Gasteiger partial charge >= 0.3 is 5.97 Å². The van der Waals surface area contributed by atoms with Crippen molar-refractivity contribution in [3.05, 3.63) is 18.2 Å². The Morgan fingerprint density at radius 2 is 1.88 bits per heavy atom. The van der Waals surface area contributed by atoms with Crippen LogP contribution >= 0.6 is 0 Å². The van der Waals surface area contributed by atoms with Crippen molar-refractivity contribution in [1.82, 2.24) is 9.80 Å². The SMILES string of the molecule is CCS(=O)(=O)c1ccc2c(c1)OC(=O)CN2CC(=O)N1CCN(C)CC1. The van der Waals surface area contributed by atoms with Crippen LogP contribution in [0, 0.1) is 0 Å². The Labute approximate surface area is 153 Å². The summed E-state index contributed by atoms with van der Waals surface area (Å²) in [5.41, 5.74) is 0.558. The number of nitrogens with zero attached hydrogens (tertiary/aromatic N) is 3. The van der Waals surface area contributed by atoms with Gasteiger partial charge in [-0.05, 0) is 19.2 Å². The minimum Gasteiger partial charge on any atom is -0.423 e. The molecule has 0 unspecified atom stereocenters. The number of carbonyl (C=O) groups is 2. The number of likely N-dealkylation sites (N-methyl/N-ethyl adjacent to an activating group) is 1. The molecule has 3 rings (SSSR count). The van der Waals surface area contributed by atoms with Crippen LogP contribution in [0.15, 0.2) is 23.1 Å². The molecule has 0 spiro atoms. The van der Waals surface area contributed by atoms with Gasteiger partial charge in [-0.15, -0.1) is 0 Å². The Morgan fingerprint density at radius 3 is 2.54 bits per heavy atom. The molecule has 1 saturated heterocycles. The van der Waals surface area contributed by atoms with Gasteiger partial charge in [0.25, 0.3) is 0 Å². The predicted octanol–water partition coefficient (Wildman–Crippen LogP) is -0.0204. The number of ether oxygens (including phenoxy) is 1. The molecule has 9 heteroatoms. The van der Waals surface area contributed by atoms with E-state index in [4.69, 9.17) is 4.74 Å². The maximum Gasteiger partial charge on any atom is 0.331 e. The van der Waals surface area contributed by atoms with Crippen LogP contribution in [0.3, 0.4) is 0 Å². The maximum absolute atomic E-state index is 12.6. The predicted molar refractivity (Wildman–Crippen MR) is 96.1 cm³/mol. The van der Waals surface area contributed by atoms with Crippen LogP contribution in [0.5, 0.6) is 5.75 Å². The zero-order valence-corrected chi connectivity index (χ0v) is 15.8. The van der Waals surface area contributed by atoms with Gasteiger partial charge in [-0.2, -0.15) is 0 Å². The summed E-state index contributed by atoms with van der Waals surface area (Å²) in [7, 11) is -1.39. The van der Waals surface area contributed by atoms with E-state index in [9.17, 15) is 18.0 Å². The molecule has 1 aromatic carbocycles. The largest absolute Gasteiger partial charge is 0.423 e. The van der Waals surface area contributed by atoms with Crippen LogP contribution in [0.2, 0.25) is 0 Å². The van der Waals surface area contributed by atoms with Crippen molar-refractivity contribution in [1.29, 1.82) is 0 Å². The molecule has 1 amide bonds. The fourth-order valence-electron chi connectivity index (χ4n) is 3.05. The van der Waals surface area contributed by atoms with E-state index in [1.807, 2.05) is 7.05 Å². The third kappa shape index (κ3) is 3.83. The van der Waals surface area contributed by atoms with Crippen LogP contribution < -0.4 is 9.64 Å². The third-order valence-corrected chi connectivity index (χ3v) is 6.47. The lowest BCUT2D eigenvalue weighted by Gasteiger charge is -2.35. The first kappa shape index (κ1) is 18.7. The second-order valence-corrected chi connectivity index (χ2v) is 8.83. The highest BCUT2D eigenvalue weighted by molar-refractivity contribution is 7.91. The molecule has 0 atom stereocenters. The molecule has 1 fully saturated rings. The van der Waals surface area contributed by atoms with Gasteiger partial charge in [-0.3, -0.25) is 4.79 Å². The molecule has 142 valence electrons. The molecular formula is C17H23N3O5S. The molecule has 2 aliphatic rings. The minimum atomic E-state index is -3.40. The zero-order valence-electron chi connectivity index (χ0n) is 15.0. The molecule has 0 saturated carbocycles. The number of esters is 1. The minimum absolute atomic E-state index is 0.0354. The number of carbonyl (C=O) groups excluding carboxylic acids is 2. The first-order valence-electron chi connectivity index (χ1n) is 8.59. The van der Waals surface area contributed by atoms with E-state index < -0.39 is 15.8 Å². The fraction of sp³-hybridized carbons (Fsp3) is 0.529. The van der Waals surface area contributed by atoms with Crippen LogP contribution in [0.4, 0.5) is 5.69 Å². The number of hydrogen-bond acceptors (Lipinski definition) is 7. The number of fused-ring (bicyclic) bond motifs is 1. The van der Waals surface area contributed by atoms with Gasteiger partial charge in [0.05, 0.1) is 22.9 Å². The third-order valence-electron chi connectivity index (χ3n) is 4.74. The average Bonchev–Trinajstić information content (AvgIpc) is 2.61. The van der Waals surface area contributed by atoms with Gasteiger partial charge in [-0.1, -0.05) is 6.92 Å². The van der Waals surface area contributed by atoms with Gasteiger partial charge in [-0.25, -0.2) is 13.2 Å². The summed E-state index contributed by atoms with van der Waals surface area (Å²) < 4.78 is 29.3. The Balaban J connectivity index is 1.80. The molecule has 0 aromatic heterocycles. The second kappa shape index (κ2) is 7.24. The lowest BCUT2D eigenvalue weighted by molar-refractivity contribution is -0.134. The van der Waals surface area contributed by atoms with Crippen molar-refractivity contribution in [3.8, 4) is 5.75 Å². The number of rotatable bonds is 4. The van der Waals surface area contributed by atoms with Crippen molar-refractivity contribution in [3.63, 3.8) is 0 Å². The summed E-state index contributed by atoms with van der Waals surface area (Å²) >= 11 is 0. The number of sulfone groups is 1. The molecule has 1 aromatic rings. The van der Waals surface area contributed by atoms with Crippen molar-refractivity contribution >= 4 is 27.4 Å². The highest BCUT2D eigenvalue weighted by Crippen LogP contribution is 2.34. The standard InChI is InChI=1S/C17H23N3O5S/c1-3-26(23,24)13-4-5-14-15(10-13)25-17(22)12-20(14)11-16(21)19-8-6-18(2)7-9-19/h4-5,10H,3,6-9,11-12H2,1-2H3. The van der Waals surface area contributed by atoms with E-state index in [-0.39, 0.29) is 35.4 Å². The summed E-state index contributed by atoms with van der Waals surface area (Å²) in [6, 6.07) is 4.45. The number of anilines is 1. The molecule has 2 heterocycles. The van der Waals surface area contributed by atoms with E-state index in [1.165, 1.54) is 12.1 Å². The first-order valence-corrected chi connectivity index (χ1v) is 10.2. The van der Waals surface area contributed by atoms with E-state index in [2.05, 4.69) is 4.90 Å². The Kier molecular flexibility index (Phi) is 5.19. The van der Waals surface area contributed by atoms with E-state index >= 15 is 0 Å². The molecule has 0 aliphatic carbocycles. The summed E-state index contributed by atoms with van der Waals surface area (Å²) in [5, 5.41) is 0. The molecule has 0 bridgehead atoms. The van der Waals surface area contributed by atoms with Gasteiger partial charge in [0, 0.05) is 32.2 Å². The van der Waals surface area contributed by atoms with Gasteiger partial charge in [0.2, 0.25) is 5.91 Å². The quantitative estimate of drug-likeness (QED) is 0.535. The molecule has 0 N–H and O–H groups in total. The molecular weight excluding hydrogens is 358 g/mol. The lowest BCUT2D eigenvalue weighted by Crippen LogP contribution is -2.51. The molecule has 26 heavy (non-hydrogen) atoms. The van der Waals surface area contributed by atoms with Crippen molar-refractivity contribution in [2.45, 2.75) is 11.8 Å². The van der Waals surface area contributed by atoms with Crippen molar-refractivity contribution < 1.29 is 22.7 Å². The molecule has 0 radical (unpaired) electrons. The topological polar surface area (TPSA) is 87.2 Å². The highest BCUT2D eigenvalue weighted by Gasteiger charge is 2.29.